The maximum atomic E-state index is 3.83. The molecule has 0 N–H and O–H groups in total. The summed E-state index contributed by atoms with van der Waals surface area (Å²) in [7, 11) is 0. The summed E-state index contributed by atoms with van der Waals surface area (Å²) in [5, 5.41) is 8.40. The quantitative estimate of drug-likeness (QED) is 0.579. The van der Waals surface area contributed by atoms with Gasteiger partial charge in [-0.05, 0) is 17.9 Å². The largest absolute Gasteiger partial charge is 0.148 e. The summed E-state index contributed by atoms with van der Waals surface area (Å²) < 4.78 is 0. The monoisotopic (exact) mass is 139 g/mol. The number of nitrogens with zero attached hydrogens (tertiary/aromatic N) is 2. The number of aromatic nitrogens is 2. The molecule has 0 aliphatic rings. The van der Waals surface area contributed by atoms with E-state index in [-0.39, 0.29) is 0 Å². The van der Waals surface area contributed by atoms with E-state index in [1.165, 1.54) is 0 Å². The Morgan fingerprint density at radius 2 is 2.67 bits per heavy atom. The van der Waals surface area contributed by atoms with E-state index in [0.29, 0.717) is 0 Å². The summed E-state index contributed by atoms with van der Waals surface area (Å²) in [6.07, 6.45) is 2.62. The lowest BCUT2D eigenvalue weighted by molar-refractivity contribution is 0.923. The van der Waals surface area contributed by atoms with E-state index in [9.17, 15) is 0 Å². The molecule has 0 aliphatic heterocycles. The average molecular weight is 139 g/mol. The molecule has 0 saturated heterocycles. The number of hydrogen-bond donors (Lipinski definition) is 0. The van der Waals surface area contributed by atoms with Crippen LogP contribution in [0.1, 0.15) is 6.92 Å². The Morgan fingerprint density at radius 1 is 1.78 bits per heavy atom. The number of rotatable bonds is 2. The zero-order valence-electron chi connectivity index (χ0n) is 5.16. The smallest absolute Gasteiger partial charge is 0.119 e. The van der Waals surface area contributed by atoms with E-state index < -0.39 is 0 Å². The van der Waals surface area contributed by atoms with Crippen molar-refractivity contribution in [3.8, 4) is 0 Å². The van der Waals surface area contributed by atoms with E-state index in [1.807, 2.05) is 6.07 Å². The summed E-state index contributed by atoms with van der Waals surface area (Å²) in [6, 6.07) is 3.67. The lowest BCUT2D eigenvalue weighted by Gasteiger charge is -1.90. The fourth-order valence-corrected chi connectivity index (χ4v) is 1.04. The Labute approximate surface area is 58.7 Å². The van der Waals surface area contributed by atoms with Gasteiger partial charge in [-0.2, -0.15) is 0 Å². The van der Waals surface area contributed by atoms with Crippen molar-refractivity contribution in [1.82, 2.24) is 10.2 Å². The first-order valence-corrected chi connectivity index (χ1v) is 3.74. The highest BCUT2D eigenvalue weighted by molar-refractivity contribution is 7.99. The minimum Gasteiger partial charge on any atom is -0.148 e. The van der Waals surface area contributed by atoms with Gasteiger partial charge in [0.05, 0.1) is 0 Å². The molecule has 1 rings (SSSR count). The maximum Gasteiger partial charge on any atom is 0.119 e. The highest BCUT2D eigenvalue weighted by Gasteiger charge is 1.88. The zero-order chi connectivity index (χ0) is 6.53. The second-order valence-electron chi connectivity index (χ2n) is 1.43. The van der Waals surface area contributed by atoms with Gasteiger partial charge < -0.3 is 0 Å². The summed E-state index contributed by atoms with van der Waals surface area (Å²) in [4.78, 5) is 0. The van der Waals surface area contributed by atoms with E-state index >= 15 is 0 Å². The molecular weight excluding hydrogens is 132 g/mol. The molecule has 0 saturated carbocycles. The van der Waals surface area contributed by atoms with Crippen LogP contribution in [0.2, 0.25) is 0 Å². The van der Waals surface area contributed by atoms with Crippen LogP contribution in [0, 0.1) is 6.20 Å². The first-order valence-electron chi connectivity index (χ1n) is 2.76. The van der Waals surface area contributed by atoms with Crippen LogP contribution in [0.3, 0.4) is 0 Å². The molecule has 0 amide bonds. The van der Waals surface area contributed by atoms with Crippen molar-refractivity contribution >= 4 is 11.8 Å². The zero-order valence-corrected chi connectivity index (χ0v) is 5.98. The molecule has 1 heterocycles. The fraction of sp³-hybridized carbons (Fsp3) is 0.333. The molecule has 9 heavy (non-hydrogen) atoms. The summed E-state index contributed by atoms with van der Waals surface area (Å²) in [6.45, 7) is 2.09. The van der Waals surface area contributed by atoms with Crippen molar-refractivity contribution < 1.29 is 0 Å². The van der Waals surface area contributed by atoms with E-state index in [2.05, 4.69) is 23.3 Å². The van der Waals surface area contributed by atoms with Crippen LogP contribution < -0.4 is 0 Å². The first-order chi connectivity index (χ1) is 4.43. The highest BCUT2D eigenvalue weighted by atomic mass is 32.2. The van der Waals surface area contributed by atoms with Crippen molar-refractivity contribution in [2.45, 2.75) is 11.9 Å². The van der Waals surface area contributed by atoms with Crippen molar-refractivity contribution in [2.75, 3.05) is 5.75 Å². The summed E-state index contributed by atoms with van der Waals surface area (Å²) in [5.74, 6) is 1.04. The summed E-state index contributed by atoms with van der Waals surface area (Å²) in [5.41, 5.74) is 0. The van der Waals surface area contributed by atoms with Crippen LogP contribution in [0.15, 0.2) is 17.2 Å². The third kappa shape index (κ3) is 2.01. The van der Waals surface area contributed by atoms with Crippen LogP contribution in [-0.2, 0) is 0 Å². The van der Waals surface area contributed by atoms with Gasteiger partial charge in [-0.25, -0.2) is 0 Å². The first kappa shape index (κ1) is 6.55. The lowest BCUT2D eigenvalue weighted by atomic mass is 10.6. The molecule has 3 heteroatoms. The van der Waals surface area contributed by atoms with Crippen LogP contribution in [0.5, 0.6) is 0 Å². The van der Waals surface area contributed by atoms with Gasteiger partial charge in [0.15, 0.2) is 0 Å². The number of hydrogen-bond acceptors (Lipinski definition) is 3. The lowest BCUT2D eigenvalue weighted by Crippen LogP contribution is -1.81. The Hall–Kier alpha value is -0.570. The van der Waals surface area contributed by atoms with Gasteiger partial charge in [0.1, 0.15) is 11.2 Å². The second kappa shape index (κ2) is 3.45. The minimum absolute atomic E-state index is 0.969. The topological polar surface area (TPSA) is 25.8 Å². The van der Waals surface area contributed by atoms with E-state index in [1.54, 1.807) is 17.8 Å². The predicted molar refractivity (Wildman–Crippen MR) is 37.3 cm³/mol. The fourth-order valence-electron chi connectivity index (χ4n) is 0.478. The molecule has 0 aliphatic carbocycles. The standard InChI is InChI=1S/C6H7N2S/c1-2-9-6-4-3-5-7-8-6/h3-4H,2H2,1H3. The molecule has 47 valence electrons. The van der Waals surface area contributed by atoms with Crippen molar-refractivity contribution in [1.29, 1.82) is 0 Å². The van der Waals surface area contributed by atoms with Crippen LogP contribution in [0.4, 0.5) is 0 Å². The van der Waals surface area contributed by atoms with Crippen molar-refractivity contribution in [3.63, 3.8) is 0 Å². The third-order valence-corrected chi connectivity index (χ3v) is 1.60. The molecule has 0 spiro atoms. The maximum absolute atomic E-state index is 3.83. The molecule has 1 aromatic heterocycles. The molecule has 0 fully saturated rings. The van der Waals surface area contributed by atoms with Crippen molar-refractivity contribution in [2.24, 2.45) is 0 Å². The van der Waals surface area contributed by atoms with Crippen LogP contribution in [-0.4, -0.2) is 16.0 Å². The number of thioether (sulfide) groups is 1. The summed E-state index contributed by atoms with van der Waals surface area (Å²) >= 11 is 1.68. The molecule has 1 radical (unpaired) electrons. The van der Waals surface area contributed by atoms with Crippen LogP contribution >= 0.6 is 11.8 Å². The SMILES string of the molecule is CCSc1cc[c]nn1. The Morgan fingerprint density at radius 3 is 3.22 bits per heavy atom. The van der Waals surface area contributed by atoms with Gasteiger partial charge in [0.2, 0.25) is 0 Å². The van der Waals surface area contributed by atoms with Gasteiger partial charge in [-0.1, -0.05) is 6.92 Å². The van der Waals surface area contributed by atoms with Gasteiger partial charge in [0, 0.05) is 0 Å². The highest BCUT2D eigenvalue weighted by Crippen LogP contribution is 2.10. The van der Waals surface area contributed by atoms with Gasteiger partial charge >= 0.3 is 0 Å². The van der Waals surface area contributed by atoms with Crippen LogP contribution in [0.25, 0.3) is 0 Å². The molecule has 0 unspecified atom stereocenters. The van der Waals surface area contributed by atoms with Gasteiger partial charge in [-0.3, -0.25) is 0 Å². The third-order valence-electron chi connectivity index (χ3n) is 0.799. The Kier molecular flexibility index (Phi) is 2.51. The molecule has 2 nitrogen and oxygen atoms in total. The molecule has 1 aromatic rings. The van der Waals surface area contributed by atoms with Gasteiger partial charge in [0.25, 0.3) is 0 Å². The molecule has 0 atom stereocenters. The Bertz CT molecular complexity index is 164. The van der Waals surface area contributed by atoms with E-state index in [4.69, 9.17) is 0 Å². The normalized spacial score (nSPS) is 9.44. The Balaban J connectivity index is 2.61. The molecule has 0 bridgehead atoms. The molecule has 0 aromatic carbocycles. The van der Waals surface area contributed by atoms with Gasteiger partial charge in [-0.15, -0.1) is 22.0 Å². The molecular formula is C6H7N2S. The average Bonchev–Trinajstić information content (AvgIpc) is 1.91. The van der Waals surface area contributed by atoms with E-state index in [0.717, 1.165) is 10.8 Å². The second-order valence-corrected chi connectivity index (χ2v) is 2.72. The van der Waals surface area contributed by atoms with Crippen molar-refractivity contribution in [3.05, 3.63) is 18.3 Å². The minimum atomic E-state index is 0.969. The predicted octanol–water partition coefficient (Wildman–Crippen LogP) is 1.39.